The van der Waals surface area contributed by atoms with Gasteiger partial charge in [-0.3, -0.25) is 0 Å². The molecule has 0 spiro atoms. The van der Waals surface area contributed by atoms with E-state index >= 15 is 0 Å². The predicted octanol–water partition coefficient (Wildman–Crippen LogP) is 2.10. The number of hydrogen-bond acceptors (Lipinski definition) is 4. The van der Waals surface area contributed by atoms with E-state index in [4.69, 9.17) is 4.74 Å². The van der Waals surface area contributed by atoms with E-state index in [1.54, 1.807) is 0 Å². The minimum absolute atomic E-state index is 0.180. The highest BCUT2D eigenvalue weighted by atomic mass is 16.5. The third-order valence-electron chi connectivity index (χ3n) is 4.39. The summed E-state index contributed by atoms with van der Waals surface area (Å²) in [5, 5.41) is 3.62. The summed E-state index contributed by atoms with van der Waals surface area (Å²) in [6, 6.07) is 9.05. The molecule has 0 saturated carbocycles. The second-order valence-electron chi connectivity index (χ2n) is 6.70. The monoisotopic (exact) mass is 289 g/mol. The number of nitrogens with one attached hydrogen (secondary N) is 1. The lowest BCUT2D eigenvalue weighted by atomic mass is 10.1. The highest BCUT2D eigenvalue weighted by Crippen LogP contribution is 2.24. The van der Waals surface area contributed by atoms with Crippen molar-refractivity contribution in [2.45, 2.75) is 25.8 Å². The molecule has 2 aliphatic heterocycles. The van der Waals surface area contributed by atoms with Crippen LogP contribution in [0.2, 0.25) is 0 Å². The zero-order valence-corrected chi connectivity index (χ0v) is 13.3. The van der Waals surface area contributed by atoms with E-state index < -0.39 is 0 Å². The molecule has 1 aromatic carbocycles. The summed E-state index contributed by atoms with van der Waals surface area (Å²) in [5.41, 5.74) is 2.83. The molecule has 21 heavy (non-hydrogen) atoms. The first-order chi connectivity index (χ1) is 10.1. The van der Waals surface area contributed by atoms with Crippen molar-refractivity contribution in [1.29, 1.82) is 0 Å². The summed E-state index contributed by atoms with van der Waals surface area (Å²) in [7, 11) is 0. The Morgan fingerprint density at radius 2 is 1.57 bits per heavy atom. The Kier molecular flexibility index (Phi) is 4.36. The van der Waals surface area contributed by atoms with E-state index in [1.807, 2.05) is 0 Å². The van der Waals surface area contributed by atoms with Crippen LogP contribution in [-0.4, -0.2) is 51.5 Å². The average Bonchev–Trinajstić information content (AvgIpc) is 2.69. The molecule has 0 bridgehead atoms. The third-order valence-corrected chi connectivity index (χ3v) is 4.39. The van der Waals surface area contributed by atoms with E-state index in [1.165, 1.54) is 17.8 Å². The maximum atomic E-state index is 5.42. The fraction of sp³-hybridized carbons (Fsp3) is 0.647. The van der Waals surface area contributed by atoms with Gasteiger partial charge in [0, 0.05) is 43.1 Å². The van der Waals surface area contributed by atoms with E-state index in [0.29, 0.717) is 0 Å². The molecule has 116 valence electrons. The fourth-order valence-corrected chi connectivity index (χ4v) is 3.23. The lowest BCUT2D eigenvalue weighted by molar-refractivity contribution is 0.122. The van der Waals surface area contributed by atoms with Crippen molar-refractivity contribution >= 4 is 11.4 Å². The van der Waals surface area contributed by atoms with Crippen LogP contribution in [0.25, 0.3) is 0 Å². The zero-order chi connectivity index (χ0) is 14.7. The van der Waals surface area contributed by atoms with Gasteiger partial charge in [-0.2, -0.15) is 0 Å². The molecule has 2 heterocycles. The van der Waals surface area contributed by atoms with Gasteiger partial charge in [-0.25, -0.2) is 0 Å². The Balaban J connectivity index is 1.70. The van der Waals surface area contributed by atoms with Crippen molar-refractivity contribution in [3.05, 3.63) is 24.3 Å². The van der Waals surface area contributed by atoms with Crippen molar-refractivity contribution < 1.29 is 4.74 Å². The molecule has 2 aliphatic rings. The summed E-state index contributed by atoms with van der Waals surface area (Å²) < 4.78 is 5.42. The second-order valence-corrected chi connectivity index (χ2v) is 6.70. The Morgan fingerprint density at radius 3 is 2.24 bits per heavy atom. The van der Waals surface area contributed by atoms with Crippen LogP contribution >= 0.6 is 0 Å². The Labute approximate surface area is 128 Å². The van der Waals surface area contributed by atoms with E-state index in [0.717, 1.165) is 45.9 Å². The summed E-state index contributed by atoms with van der Waals surface area (Å²) in [5.74, 6) is 0. The molecule has 0 unspecified atom stereocenters. The number of anilines is 2. The number of hydrogen-bond donors (Lipinski definition) is 1. The second kappa shape index (κ2) is 6.24. The van der Waals surface area contributed by atoms with E-state index in [9.17, 15) is 0 Å². The topological polar surface area (TPSA) is 27.7 Å². The van der Waals surface area contributed by atoms with Crippen molar-refractivity contribution in [2.24, 2.45) is 0 Å². The van der Waals surface area contributed by atoms with Crippen molar-refractivity contribution in [1.82, 2.24) is 5.32 Å². The summed E-state index contributed by atoms with van der Waals surface area (Å²) in [6.45, 7) is 11.6. The van der Waals surface area contributed by atoms with Crippen LogP contribution in [0.3, 0.4) is 0 Å². The number of benzene rings is 1. The van der Waals surface area contributed by atoms with E-state index in [-0.39, 0.29) is 5.54 Å². The summed E-state index contributed by atoms with van der Waals surface area (Å²) in [6.07, 6.45) is 1.20. The van der Waals surface area contributed by atoms with E-state index in [2.05, 4.69) is 53.2 Å². The van der Waals surface area contributed by atoms with Crippen molar-refractivity contribution in [3.8, 4) is 0 Å². The SMILES string of the molecule is CC1(C)CN(c2ccc(N3CCOCC3)cc2)CCCN1. The lowest BCUT2D eigenvalue weighted by Crippen LogP contribution is -2.46. The molecule has 4 nitrogen and oxygen atoms in total. The number of morpholine rings is 1. The van der Waals surface area contributed by atoms with Crippen LogP contribution in [0.15, 0.2) is 24.3 Å². The first-order valence-corrected chi connectivity index (χ1v) is 8.07. The smallest absolute Gasteiger partial charge is 0.0642 e. The van der Waals surface area contributed by atoms with Gasteiger partial charge in [-0.1, -0.05) is 0 Å². The van der Waals surface area contributed by atoms with Crippen molar-refractivity contribution in [2.75, 3.05) is 55.7 Å². The highest BCUT2D eigenvalue weighted by Gasteiger charge is 2.24. The minimum Gasteiger partial charge on any atom is -0.378 e. The molecule has 1 N–H and O–H groups in total. The van der Waals surface area contributed by atoms with Gasteiger partial charge >= 0.3 is 0 Å². The molecule has 0 amide bonds. The van der Waals surface area contributed by atoms with Gasteiger partial charge < -0.3 is 19.9 Å². The Morgan fingerprint density at radius 1 is 0.952 bits per heavy atom. The lowest BCUT2D eigenvalue weighted by Gasteiger charge is -2.32. The normalized spacial score (nSPS) is 23.0. The van der Waals surface area contributed by atoms with Gasteiger partial charge in [0.2, 0.25) is 0 Å². The molecule has 3 rings (SSSR count). The van der Waals surface area contributed by atoms with Gasteiger partial charge in [-0.15, -0.1) is 0 Å². The van der Waals surface area contributed by atoms with Crippen LogP contribution in [0, 0.1) is 0 Å². The van der Waals surface area contributed by atoms with Crippen LogP contribution in [-0.2, 0) is 4.74 Å². The first kappa shape index (κ1) is 14.7. The van der Waals surface area contributed by atoms with Crippen LogP contribution in [0.5, 0.6) is 0 Å². The molecule has 0 atom stereocenters. The fourth-order valence-electron chi connectivity index (χ4n) is 3.23. The Hall–Kier alpha value is -1.26. The molecule has 0 radical (unpaired) electrons. The zero-order valence-electron chi connectivity index (χ0n) is 13.3. The molecule has 1 aromatic rings. The Bertz CT molecular complexity index is 452. The van der Waals surface area contributed by atoms with Crippen molar-refractivity contribution in [3.63, 3.8) is 0 Å². The maximum absolute atomic E-state index is 5.42. The first-order valence-electron chi connectivity index (χ1n) is 8.07. The van der Waals surface area contributed by atoms with Crippen LogP contribution in [0.4, 0.5) is 11.4 Å². The molecule has 2 fully saturated rings. The highest BCUT2D eigenvalue weighted by molar-refractivity contribution is 5.57. The molecule has 2 saturated heterocycles. The van der Waals surface area contributed by atoms with Gasteiger partial charge in [0.25, 0.3) is 0 Å². The molecule has 0 aliphatic carbocycles. The standard InChI is InChI=1S/C17H27N3O/c1-17(2)14-20(9-3-8-18-17)16-6-4-15(5-7-16)19-10-12-21-13-11-19/h4-7,18H,3,8-14H2,1-2H3. The van der Waals surface area contributed by atoms with Crippen LogP contribution in [0.1, 0.15) is 20.3 Å². The number of rotatable bonds is 2. The molecular formula is C17H27N3O. The van der Waals surface area contributed by atoms with Gasteiger partial charge in [-0.05, 0) is 51.1 Å². The van der Waals surface area contributed by atoms with Crippen LogP contribution < -0.4 is 15.1 Å². The number of nitrogens with zero attached hydrogens (tertiary/aromatic N) is 2. The number of ether oxygens (including phenoxy) is 1. The predicted molar refractivity (Wildman–Crippen MR) is 88.4 cm³/mol. The minimum atomic E-state index is 0.180. The molecule has 4 heteroatoms. The largest absolute Gasteiger partial charge is 0.378 e. The maximum Gasteiger partial charge on any atom is 0.0642 e. The molecular weight excluding hydrogens is 262 g/mol. The molecule has 0 aromatic heterocycles. The summed E-state index contributed by atoms with van der Waals surface area (Å²) in [4.78, 5) is 4.91. The quantitative estimate of drug-likeness (QED) is 0.902. The van der Waals surface area contributed by atoms with Gasteiger partial charge in [0.05, 0.1) is 13.2 Å². The van der Waals surface area contributed by atoms with Gasteiger partial charge in [0.15, 0.2) is 0 Å². The third kappa shape index (κ3) is 3.69. The average molecular weight is 289 g/mol. The summed E-state index contributed by atoms with van der Waals surface area (Å²) >= 11 is 0. The van der Waals surface area contributed by atoms with Gasteiger partial charge in [0.1, 0.15) is 0 Å².